The molecule has 0 atom stereocenters. The third-order valence-electron chi connectivity index (χ3n) is 1.69. The summed E-state index contributed by atoms with van der Waals surface area (Å²) in [7, 11) is 1.63. The Hall–Kier alpha value is -1.91. The molecule has 2 aromatic rings. The average molecular weight is 176 g/mol. The fraction of sp³-hybridized carbons (Fsp3) is 0.125. The van der Waals surface area contributed by atoms with Crippen LogP contribution >= 0.6 is 0 Å². The SMILES string of the molecule is COc1ccc(-n2cnnn2)cc1. The number of ether oxygens (including phenoxy) is 1. The van der Waals surface area contributed by atoms with Crippen LogP contribution < -0.4 is 4.74 Å². The van der Waals surface area contributed by atoms with E-state index in [1.165, 1.54) is 0 Å². The maximum Gasteiger partial charge on any atom is 0.143 e. The highest BCUT2D eigenvalue weighted by atomic mass is 16.5. The summed E-state index contributed by atoms with van der Waals surface area (Å²) < 4.78 is 6.61. The van der Waals surface area contributed by atoms with Crippen LogP contribution in [-0.4, -0.2) is 27.3 Å². The lowest BCUT2D eigenvalue weighted by Crippen LogP contribution is -1.94. The number of aromatic nitrogens is 4. The van der Waals surface area contributed by atoms with E-state index in [-0.39, 0.29) is 0 Å². The molecule has 1 aromatic carbocycles. The summed E-state index contributed by atoms with van der Waals surface area (Å²) in [6, 6.07) is 7.48. The topological polar surface area (TPSA) is 52.8 Å². The van der Waals surface area contributed by atoms with Gasteiger partial charge in [0, 0.05) is 0 Å². The first-order chi connectivity index (χ1) is 6.40. The summed E-state index contributed by atoms with van der Waals surface area (Å²) in [5, 5.41) is 10.8. The Kier molecular flexibility index (Phi) is 1.91. The number of hydrogen-bond acceptors (Lipinski definition) is 4. The summed E-state index contributed by atoms with van der Waals surface area (Å²) in [5.41, 5.74) is 0.908. The maximum absolute atomic E-state index is 5.03. The highest BCUT2D eigenvalue weighted by Gasteiger charge is 1.96. The minimum absolute atomic E-state index is 0.817. The van der Waals surface area contributed by atoms with Gasteiger partial charge in [0.1, 0.15) is 12.1 Å². The van der Waals surface area contributed by atoms with E-state index in [4.69, 9.17) is 4.74 Å². The number of methoxy groups -OCH3 is 1. The van der Waals surface area contributed by atoms with Crippen LogP contribution in [0.3, 0.4) is 0 Å². The van der Waals surface area contributed by atoms with Gasteiger partial charge < -0.3 is 4.74 Å². The zero-order valence-electron chi connectivity index (χ0n) is 7.08. The van der Waals surface area contributed by atoms with Gasteiger partial charge in [-0.3, -0.25) is 0 Å². The highest BCUT2D eigenvalue weighted by molar-refractivity contribution is 5.35. The smallest absolute Gasteiger partial charge is 0.143 e. The molecule has 5 nitrogen and oxygen atoms in total. The van der Waals surface area contributed by atoms with E-state index in [0.717, 1.165) is 11.4 Å². The van der Waals surface area contributed by atoms with Crippen LogP contribution in [0.15, 0.2) is 30.6 Å². The Bertz CT molecular complexity index is 368. The van der Waals surface area contributed by atoms with E-state index in [1.807, 2.05) is 24.3 Å². The summed E-state index contributed by atoms with van der Waals surface area (Å²) in [6.07, 6.45) is 1.54. The second kappa shape index (κ2) is 3.22. The second-order valence-electron chi connectivity index (χ2n) is 2.45. The molecule has 0 N–H and O–H groups in total. The lowest BCUT2D eigenvalue weighted by Gasteiger charge is -2.00. The summed E-state index contributed by atoms with van der Waals surface area (Å²) >= 11 is 0. The Balaban J connectivity index is 2.33. The van der Waals surface area contributed by atoms with Crippen LogP contribution in [0.25, 0.3) is 5.69 Å². The van der Waals surface area contributed by atoms with Gasteiger partial charge in [-0.2, -0.15) is 0 Å². The predicted molar refractivity (Wildman–Crippen MR) is 45.7 cm³/mol. The molecule has 0 aliphatic rings. The summed E-state index contributed by atoms with van der Waals surface area (Å²) in [4.78, 5) is 0. The van der Waals surface area contributed by atoms with Crippen LogP contribution in [0.2, 0.25) is 0 Å². The number of tetrazole rings is 1. The van der Waals surface area contributed by atoms with Gasteiger partial charge in [0.05, 0.1) is 12.8 Å². The fourth-order valence-electron chi connectivity index (χ4n) is 1.01. The quantitative estimate of drug-likeness (QED) is 0.674. The maximum atomic E-state index is 5.03. The van der Waals surface area contributed by atoms with Crippen LogP contribution in [0.5, 0.6) is 5.75 Å². The van der Waals surface area contributed by atoms with Crippen LogP contribution in [0.4, 0.5) is 0 Å². The zero-order chi connectivity index (χ0) is 9.10. The fourth-order valence-corrected chi connectivity index (χ4v) is 1.01. The van der Waals surface area contributed by atoms with Gasteiger partial charge in [0.25, 0.3) is 0 Å². The molecule has 66 valence electrons. The minimum Gasteiger partial charge on any atom is -0.497 e. The third kappa shape index (κ3) is 1.48. The van der Waals surface area contributed by atoms with Crippen molar-refractivity contribution in [1.29, 1.82) is 0 Å². The van der Waals surface area contributed by atoms with Gasteiger partial charge in [-0.15, -0.1) is 5.10 Å². The van der Waals surface area contributed by atoms with E-state index >= 15 is 0 Å². The van der Waals surface area contributed by atoms with Gasteiger partial charge in [-0.1, -0.05) is 0 Å². The number of hydrogen-bond donors (Lipinski definition) is 0. The molecular weight excluding hydrogens is 168 g/mol. The lowest BCUT2D eigenvalue weighted by atomic mass is 10.3. The van der Waals surface area contributed by atoms with E-state index in [9.17, 15) is 0 Å². The number of benzene rings is 1. The Labute approximate surface area is 75.0 Å². The molecule has 0 spiro atoms. The Morgan fingerprint density at radius 1 is 1.23 bits per heavy atom. The Morgan fingerprint density at radius 3 is 2.54 bits per heavy atom. The molecule has 1 aromatic heterocycles. The standard InChI is InChI=1S/C8H8N4O/c1-13-8-4-2-7(3-5-8)12-6-9-10-11-12/h2-6H,1H3. The molecule has 0 amide bonds. The molecule has 0 aliphatic carbocycles. The molecule has 0 bridgehead atoms. The average Bonchev–Trinajstić information content (AvgIpc) is 2.71. The van der Waals surface area contributed by atoms with Crippen LogP contribution in [0, 0.1) is 0 Å². The zero-order valence-corrected chi connectivity index (χ0v) is 7.08. The monoisotopic (exact) mass is 176 g/mol. The molecule has 0 fully saturated rings. The molecule has 0 saturated carbocycles. The van der Waals surface area contributed by atoms with Crippen molar-refractivity contribution in [3.63, 3.8) is 0 Å². The van der Waals surface area contributed by atoms with Crippen molar-refractivity contribution in [3.05, 3.63) is 30.6 Å². The van der Waals surface area contributed by atoms with E-state index < -0.39 is 0 Å². The van der Waals surface area contributed by atoms with Gasteiger partial charge in [0.15, 0.2) is 0 Å². The van der Waals surface area contributed by atoms with Crippen molar-refractivity contribution in [2.24, 2.45) is 0 Å². The molecule has 5 heteroatoms. The Morgan fingerprint density at radius 2 is 2.00 bits per heavy atom. The predicted octanol–water partition coefficient (Wildman–Crippen LogP) is 0.671. The van der Waals surface area contributed by atoms with Crippen molar-refractivity contribution in [2.45, 2.75) is 0 Å². The first kappa shape index (κ1) is 7.72. The normalized spacial score (nSPS) is 9.92. The first-order valence-electron chi connectivity index (χ1n) is 3.77. The van der Waals surface area contributed by atoms with Gasteiger partial charge >= 0.3 is 0 Å². The minimum atomic E-state index is 0.817. The number of nitrogens with zero attached hydrogens (tertiary/aromatic N) is 4. The molecule has 0 radical (unpaired) electrons. The van der Waals surface area contributed by atoms with E-state index in [0.29, 0.717) is 0 Å². The van der Waals surface area contributed by atoms with Crippen molar-refractivity contribution in [1.82, 2.24) is 20.2 Å². The van der Waals surface area contributed by atoms with Crippen molar-refractivity contribution >= 4 is 0 Å². The first-order valence-corrected chi connectivity index (χ1v) is 3.77. The molecule has 13 heavy (non-hydrogen) atoms. The van der Waals surface area contributed by atoms with Crippen LogP contribution in [-0.2, 0) is 0 Å². The highest BCUT2D eigenvalue weighted by Crippen LogP contribution is 2.12. The summed E-state index contributed by atoms with van der Waals surface area (Å²) in [6.45, 7) is 0. The lowest BCUT2D eigenvalue weighted by molar-refractivity contribution is 0.414. The summed E-state index contributed by atoms with van der Waals surface area (Å²) in [5.74, 6) is 0.817. The van der Waals surface area contributed by atoms with Gasteiger partial charge in [-0.05, 0) is 34.7 Å². The molecule has 0 aliphatic heterocycles. The third-order valence-corrected chi connectivity index (χ3v) is 1.69. The molecule has 1 heterocycles. The van der Waals surface area contributed by atoms with E-state index in [1.54, 1.807) is 18.1 Å². The second-order valence-corrected chi connectivity index (χ2v) is 2.45. The van der Waals surface area contributed by atoms with Gasteiger partial charge in [-0.25, -0.2) is 4.68 Å². The largest absolute Gasteiger partial charge is 0.497 e. The van der Waals surface area contributed by atoms with E-state index in [2.05, 4.69) is 15.5 Å². The van der Waals surface area contributed by atoms with Crippen molar-refractivity contribution in [2.75, 3.05) is 7.11 Å². The van der Waals surface area contributed by atoms with Crippen molar-refractivity contribution < 1.29 is 4.74 Å². The van der Waals surface area contributed by atoms with Gasteiger partial charge in [0.2, 0.25) is 0 Å². The molecule has 0 saturated heterocycles. The van der Waals surface area contributed by atoms with Crippen LogP contribution in [0.1, 0.15) is 0 Å². The number of rotatable bonds is 2. The molecular formula is C8H8N4O. The van der Waals surface area contributed by atoms with Crippen molar-refractivity contribution in [3.8, 4) is 11.4 Å². The molecule has 0 unspecified atom stereocenters. The molecule has 2 rings (SSSR count).